The largest absolute Gasteiger partial charge is 0.504 e. The molecule has 1 rings (SSSR count). The van der Waals surface area contributed by atoms with Gasteiger partial charge in [0.15, 0.2) is 11.5 Å². The fraction of sp³-hybridized carbons (Fsp3) is 0. The highest BCUT2D eigenvalue weighted by Gasteiger charge is 2.31. The summed E-state index contributed by atoms with van der Waals surface area (Å²) in [5.74, 6) is -13.8. The molecule has 0 heterocycles. The molecule has 0 atom stereocenters. The van der Waals surface area contributed by atoms with Gasteiger partial charge in [0.2, 0.25) is 11.5 Å². The zero-order valence-electron chi connectivity index (χ0n) is 12.4. The van der Waals surface area contributed by atoms with E-state index in [4.69, 9.17) is 15.3 Å². The van der Waals surface area contributed by atoms with Crippen molar-refractivity contribution in [3.63, 3.8) is 0 Å². The minimum absolute atomic E-state index is 0.00307. The van der Waals surface area contributed by atoms with Crippen molar-refractivity contribution in [3.05, 3.63) is 34.6 Å². The molecule has 0 spiro atoms. The van der Waals surface area contributed by atoms with E-state index in [2.05, 4.69) is 0 Å². The zero-order chi connectivity index (χ0) is 20.3. The smallest absolute Gasteiger partial charge is 0.370 e. The van der Waals surface area contributed by atoms with Crippen LogP contribution in [0.1, 0.15) is 15.9 Å². The van der Waals surface area contributed by atoms with Crippen molar-refractivity contribution in [1.82, 2.24) is 0 Å². The molecule has 0 unspecified atom stereocenters. The normalized spacial score (nSPS) is 12.2. The van der Waals surface area contributed by atoms with Gasteiger partial charge in [-0.15, -0.1) is 0 Å². The standard InChI is InChI=1S/C14H10O12/c15-5-1-3(11(19)20)7(10(18)9(5)17)8(14(25)26)4(12(21)22)2-6(16)13(23)24/h1-2,15-18H,(H,19,20)(H,21,22)(H,23,24)(H,25,26)/b6-2-,8-4-. The first kappa shape index (κ1) is 19.8. The lowest BCUT2D eigenvalue weighted by atomic mass is 9.93. The molecule has 0 aliphatic heterocycles. The summed E-state index contributed by atoms with van der Waals surface area (Å²) in [6.07, 6.45) is 0.00307. The molecular weight excluding hydrogens is 360 g/mol. The molecule has 0 fully saturated rings. The van der Waals surface area contributed by atoms with Crippen molar-refractivity contribution < 1.29 is 60.0 Å². The maximum atomic E-state index is 11.5. The molecule has 0 aliphatic carbocycles. The van der Waals surface area contributed by atoms with Crippen LogP contribution in [0.15, 0.2) is 23.5 Å². The van der Waals surface area contributed by atoms with Gasteiger partial charge in [0.05, 0.1) is 22.3 Å². The van der Waals surface area contributed by atoms with E-state index in [9.17, 15) is 44.7 Å². The Hall–Kier alpha value is -4.22. The third-order valence-corrected chi connectivity index (χ3v) is 2.95. The van der Waals surface area contributed by atoms with Gasteiger partial charge in [-0.2, -0.15) is 0 Å². The Balaban J connectivity index is 4.14. The molecular formula is C14H10O12. The predicted molar refractivity (Wildman–Crippen MR) is 78.9 cm³/mol. The van der Waals surface area contributed by atoms with E-state index in [1.807, 2.05) is 0 Å². The summed E-state index contributed by atoms with van der Waals surface area (Å²) in [7, 11) is 0. The van der Waals surface area contributed by atoms with E-state index in [0.29, 0.717) is 6.07 Å². The van der Waals surface area contributed by atoms with Gasteiger partial charge in [-0.05, 0) is 6.07 Å². The van der Waals surface area contributed by atoms with Crippen molar-refractivity contribution in [2.24, 2.45) is 0 Å². The van der Waals surface area contributed by atoms with Crippen molar-refractivity contribution >= 4 is 29.5 Å². The number of aliphatic carboxylic acids is 3. The number of carboxylic acids is 4. The molecule has 12 heteroatoms. The van der Waals surface area contributed by atoms with Crippen LogP contribution in [-0.2, 0) is 14.4 Å². The van der Waals surface area contributed by atoms with Crippen molar-refractivity contribution in [2.75, 3.05) is 0 Å². The van der Waals surface area contributed by atoms with Gasteiger partial charge in [-0.25, -0.2) is 19.2 Å². The Morgan fingerprint density at radius 3 is 1.69 bits per heavy atom. The Kier molecular flexibility index (Phi) is 5.43. The molecule has 0 saturated carbocycles. The second-order valence-electron chi connectivity index (χ2n) is 4.55. The maximum Gasteiger partial charge on any atom is 0.370 e. The average Bonchev–Trinajstić information content (AvgIpc) is 2.52. The molecule has 12 nitrogen and oxygen atoms in total. The van der Waals surface area contributed by atoms with Crippen molar-refractivity contribution in [2.45, 2.75) is 0 Å². The predicted octanol–water partition coefficient (Wildman–Crippen LogP) is -0.0491. The summed E-state index contributed by atoms with van der Waals surface area (Å²) >= 11 is 0. The van der Waals surface area contributed by atoms with Crippen LogP contribution in [0.3, 0.4) is 0 Å². The minimum Gasteiger partial charge on any atom is -0.504 e. The lowest BCUT2D eigenvalue weighted by molar-refractivity contribution is -0.135. The molecule has 8 N–H and O–H groups in total. The fourth-order valence-corrected chi connectivity index (χ4v) is 1.86. The minimum atomic E-state index is -2.14. The molecule has 0 bridgehead atoms. The lowest BCUT2D eigenvalue weighted by Gasteiger charge is -2.13. The number of aliphatic hydroxyl groups excluding tert-OH is 1. The zero-order valence-corrected chi connectivity index (χ0v) is 12.4. The molecule has 26 heavy (non-hydrogen) atoms. The molecule has 1 aromatic carbocycles. The van der Waals surface area contributed by atoms with Crippen molar-refractivity contribution in [1.29, 1.82) is 0 Å². The van der Waals surface area contributed by atoms with Crippen LogP contribution in [0.2, 0.25) is 0 Å². The van der Waals surface area contributed by atoms with Gasteiger partial charge in [0.25, 0.3) is 0 Å². The topological polar surface area (TPSA) is 230 Å². The Bertz CT molecular complexity index is 890. The molecule has 138 valence electrons. The van der Waals surface area contributed by atoms with E-state index in [-0.39, 0.29) is 6.08 Å². The highest BCUT2D eigenvalue weighted by molar-refractivity contribution is 6.25. The summed E-state index contributed by atoms with van der Waals surface area (Å²) in [6, 6.07) is 0.343. The number of aromatic hydroxyl groups is 3. The Morgan fingerprint density at radius 2 is 1.31 bits per heavy atom. The Labute approximate surface area is 142 Å². The first-order valence-corrected chi connectivity index (χ1v) is 6.26. The second kappa shape index (κ2) is 7.12. The number of carbonyl (C=O) groups is 4. The molecule has 0 amide bonds. The molecule has 1 aromatic rings. The number of aromatic carboxylic acids is 1. The van der Waals surface area contributed by atoms with Gasteiger partial charge in [0, 0.05) is 6.08 Å². The van der Waals surface area contributed by atoms with Crippen LogP contribution in [0, 0.1) is 0 Å². The number of carboxylic acid groups (broad SMARTS) is 4. The van der Waals surface area contributed by atoms with Crippen LogP contribution >= 0.6 is 0 Å². The quantitative estimate of drug-likeness (QED) is 0.142. The summed E-state index contributed by atoms with van der Waals surface area (Å²) in [6.45, 7) is 0. The number of hydrogen-bond donors (Lipinski definition) is 8. The van der Waals surface area contributed by atoms with E-state index < -0.39 is 69.2 Å². The van der Waals surface area contributed by atoms with Gasteiger partial charge >= 0.3 is 23.9 Å². The number of hydrogen-bond acceptors (Lipinski definition) is 8. The highest BCUT2D eigenvalue weighted by Crippen LogP contribution is 2.43. The average molecular weight is 370 g/mol. The summed E-state index contributed by atoms with van der Waals surface area (Å²) < 4.78 is 0. The van der Waals surface area contributed by atoms with E-state index >= 15 is 0 Å². The number of benzene rings is 1. The monoisotopic (exact) mass is 370 g/mol. The number of phenolic OH excluding ortho intramolecular Hbond substituents is 3. The van der Waals surface area contributed by atoms with Gasteiger partial charge in [-0.3, -0.25) is 0 Å². The molecule has 0 radical (unpaired) electrons. The number of rotatable bonds is 6. The van der Waals surface area contributed by atoms with E-state index in [1.165, 1.54) is 0 Å². The van der Waals surface area contributed by atoms with Crippen LogP contribution in [0.25, 0.3) is 5.57 Å². The number of aliphatic hydroxyl groups is 1. The SMILES string of the molecule is O=C(O)/C(O)=C/C(C(=O)O)=C(/C(=O)O)c1c(C(=O)O)cc(O)c(O)c1O. The summed E-state index contributed by atoms with van der Waals surface area (Å²) in [4.78, 5) is 44.7. The van der Waals surface area contributed by atoms with Crippen LogP contribution in [0.5, 0.6) is 17.2 Å². The lowest BCUT2D eigenvalue weighted by Crippen LogP contribution is -2.14. The van der Waals surface area contributed by atoms with Gasteiger partial charge in [-0.1, -0.05) is 0 Å². The first-order chi connectivity index (χ1) is 11.9. The highest BCUT2D eigenvalue weighted by atomic mass is 16.4. The van der Waals surface area contributed by atoms with E-state index in [1.54, 1.807) is 0 Å². The van der Waals surface area contributed by atoms with Gasteiger partial charge < -0.3 is 40.9 Å². The third kappa shape index (κ3) is 3.64. The number of phenols is 3. The summed E-state index contributed by atoms with van der Waals surface area (Å²) in [5, 5.41) is 73.9. The second-order valence-corrected chi connectivity index (χ2v) is 4.55. The summed E-state index contributed by atoms with van der Waals surface area (Å²) in [5.41, 5.74) is -5.22. The Morgan fingerprint density at radius 1 is 0.769 bits per heavy atom. The van der Waals surface area contributed by atoms with E-state index in [0.717, 1.165) is 0 Å². The van der Waals surface area contributed by atoms with Crippen molar-refractivity contribution in [3.8, 4) is 17.2 Å². The molecule has 0 aromatic heterocycles. The molecule has 0 saturated heterocycles. The third-order valence-electron chi connectivity index (χ3n) is 2.95. The fourth-order valence-electron chi connectivity index (χ4n) is 1.86. The van der Waals surface area contributed by atoms with Crippen LogP contribution in [-0.4, -0.2) is 64.7 Å². The van der Waals surface area contributed by atoms with Gasteiger partial charge in [0.1, 0.15) is 0 Å². The maximum absolute atomic E-state index is 11.5. The van der Waals surface area contributed by atoms with Crippen LogP contribution < -0.4 is 0 Å². The van der Waals surface area contributed by atoms with Crippen LogP contribution in [0.4, 0.5) is 0 Å². The first-order valence-electron chi connectivity index (χ1n) is 6.26. The molecule has 0 aliphatic rings.